The summed E-state index contributed by atoms with van der Waals surface area (Å²) in [4.78, 5) is 3.66. The second-order valence-electron chi connectivity index (χ2n) is 2.98. The number of halogens is 4. The van der Waals surface area contributed by atoms with Gasteiger partial charge in [0, 0.05) is 10.7 Å². The van der Waals surface area contributed by atoms with Crippen LogP contribution < -0.4 is 4.74 Å². The van der Waals surface area contributed by atoms with Gasteiger partial charge in [-0.1, -0.05) is 0 Å². The lowest BCUT2D eigenvalue weighted by Gasteiger charge is -2.02. The molecule has 8 heteroatoms. The highest BCUT2D eigenvalue weighted by Crippen LogP contribution is 2.24. The fourth-order valence-electron chi connectivity index (χ4n) is 1.07. The highest BCUT2D eigenvalue weighted by molar-refractivity contribution is 9.10. The molecule has 0 saturated heterocycles. The molecule has 0 aliphatic heterocycles. The molecule has 0 atom stereocenters. The SMILES string of the molecule is Fc1cc(Br)cnc1Oc1cnn(C(F)F)c1. The highest BCUT2D eigenvalue weighted by Gasteiger charge is 2.11. The van der Waals surface area contributed by atoms with E-state index in [9.17, 15) is 13.2 Å². The standard InChI is InChI=1S/C9H5BrF3N3O/c10-5-1-7(11)8(14-2-5)17-6-3-15-16(4-6)9(12)13/h1-4,9H. The Hall–Kier alpha value is -1.57. The molecule has 0 N–H and O–H groups in total. The monoisotopic (exact) mass is 307 g/mol. The zero-order chi connectivity index (χ0) is 12.4. The Labute approximate surface area is 102 Å². The Kier molecular flexibility index (Phi) is 3.32. The van der Waals surface area contributed by atoms with Crippen molar-refractivity contribution in [2.45, 2.75) is 6.55 Å². The van der Waals surface area contributed by atoms with Gasteiger partial charge in [0.2, 0.25) is 0 Å². The van der Waals surface area contributed by atoms with E-state index in [1.54, 1.807) is 0 Å². The predicted octanol–water partition coefficient (Wildman–Crippen LogP) is 3.37. The van der Waals surface area contributed by atoms with Crippen molar-refractivity contribution in [2.75, 3.05) is 0 Å². The summed E-state index contributed by atoms with van der Waals surface area (Å²) in [6.07, 6.45) is 3.33. The summed E-state index contributed by atoms with van der Waals surface area (Å²) in [7, 11) is 0. The minimum Gasteiger partial charge on any atom is -0.433 e. The highest BCUT2D eigenvalue weighted by atomic mass is 79.9. The number of pyridine rings is 1. The molecule has 4 nitrogen and oxygen atoms in total. The number of hydrogen-bond donors (Lipinski definition) is 0. The average Bonchev–Trinajstić information content (AvgIpc) is 2.71. The number of hydrogen-bond acceptors (Lipinski definition) is 3. The minimum absolute atomic E-state index is 0.0148. The van der Waals surface area contributed by atoms with E-state index >= 15 is 0 Å². The maximum atomic E-state index is 13.3. The van der Waals surface area contributed by atoms with Crippen LogP contribution in [-0.4, -0.2) is 14.8 Å². The first-order valence-electron chi connectivity index (χ1n) is 4.37. The Bertz CT molecular complexity index is 532. The van der Waals surface area contributed by atoms with E-state index in [-0.39, 0.29) is 11.6 Å². The predicted molar refractivity (Wildman–Crippen MR) is 55.4 cm³/mol. The number of rotatable bonds is 3. The molecule has 2 aromatic rings. The second-order valence-corrected chi connectivity index (χ2v) is 3.89. The summed E-state index contributed by atoms with van der Waals surface area (Å²) in [5.41, 5.74) is 0. The normalized spacial score (nSPS) is 10.9. The van der Waals surface area contributed by atoms with Gasteiger partial charge in [-0.25, -0.2) is 14.1 Å². The Balaban J connectivity index is 2.19. The lowest BCUT2D eigenvalue weighted by molar-refractivity contribution is 0.0564. The van der Waals surface area contributed by atoms with Crippen molar-refractivity contribution >= 4 is 15.9 Å². The number of alkyl halides is 2. The zero-order valence-corrected chi connectivity index (χ0v) is 9.73. The van der Waals surface area contributed by atoms with Crippen molar-refractivity contribution in [2.24, 2.45) is 0 Å². The van der Waals surface area contributed by atoms with Crippen LogP contribution in [0.5, 0.6) is 11.6 Å². The summed E-state index contributed by atoms with van der Waals surface area (Å²) < 4.78 is 43.5. The van der Waals surface area contributed by atoms with E-state index in [1.807, 2.05) is 0 Å². The van der Waals surface area contributed by atoms with Crippen LogP contribution in [0.3, 0.4) is 0 Å². The third-order valence-electron chi connectivity index (χ3n) is 1.77. The molecule has 0 aliphatic carbocycles. The summed E-state index contributed by atoms with van der Waals surface area (Å²) in [5.74, 6) is -1.02. The smallest absolute Gasteiger partial charge is 0.333 e. The molecular weight excluding hydrogens is 303 g/mol. The second kappa shape index (κ2) is 4.74. The van der Waals surface area contributed by atoms with Crippen molar-refractivity contribution in [3.63, 3.8) is 0 Å². The molecule has 0 radical (unpaired) electrons. The summed E-state index contributed by atoms with van der Waals surface area (Å²) in [6, 6.07) is 1.15. The van der Waals surface area contributed by atoms with Crippen molar-refractivity contribution in [3.8, 4) is 11.6 Å². The topological polar surface area (TPSA) is 39.9 Å². The van der Waals surface area contributed by atoms with Crippen LogP contribution in [0.2, 0.25) is 0 Å². The molecule has 0 spiro atoms. The van der Waals surface area contributed by atoms with Gasteiger partial charge in [0.05, 0.1) is 12.4 Å². The van der Waals surface area contributed by atoms with E-state index in [0.717, 1.165) is 18.5 Å². The zero-order valence-electron chi connectivity index (χ0n) is 8.15. The fraction of sp³-hybridized carbons (Fsp3) is 0.111. The lowest BCUT2D eigenvalue weighted by atomic mass is 10.4. The quantitative estimate of drug-likeness (QED) is 0.873. The molecule has 2 aromatic heterocycles. The molecule has 0 saturated carbocycles. The van der Waals surface area contributed by atoms with Crippen molar-refractivity contribution < 1.29 is 17.9 Å². The molecule has 2 rings (SSSR count). The van der Waals surface area contributed by atoms with Gasteiger partial charge in [0.25, 0.3) is 5.88 Å². The molecule has 90 valence electrons. The number of aromatic nitrogens is 3. The fourth-order valence-corrected chi connectivity index (χ4v) is 1.37. The van der Waals surface area contributed by atoms with E-state index < -0.39 is 12.4 Å². The molecule has 0 aromatic carbocycles. The largest absolute Gasteiger partial charge is 0.433 e. The van der Waals surface area contributed by atoms with Crippen LogP contribution in [0.1, 0.15) is 6.55 Å². The third kappa shape index (κ3) is 2.76. The Morgan fingerprint density at radius 3 is 2.71 bits per heavy atom. The number of nitrogens with zero attached hydrogens (tertiary/aromatic N) is 3. The molecule has 0 aliphatic rings. The average molecular weight is 308 g/mol. The molecule has 0 fully saturated rings. The summed E-state index contributed by atoms with van der Waals surface area (Å²) in [6.45, 7) is -2.77. The first-order chi connectivity index (χ1) is 8.06. The lowest BCUT2D eigenvalue weighted by Crippen LogP contribution is -1.97. The van der Waals surface area contributed by atoms with Gasteiger partial charge in [0.1, 0.15) is 0 Å². The van der Waals surface area contributed by atoms with Gasteiger partial charge in [-0.05, 0) is 22.0 Å². The Morgan fingerprint density at radius 2 is 2.12 bits per heavy atom. The van der Waals surface area contributed by atoms with Crippen LogP contribution in [0.4, 0.5) is 13.2 Å². The van der Waals surface area contributed by atoms with Gasteiger partial charge in [0.15, 0.2) is 11.6 Å². The molecule has 17 heavy (non-hydrogen) atoms. The van der Waals surface area contributed by atoms with Gasteiger partial charge in [-0.15, -0.1) is 0 Å². The first-order valence-corrected chi connectivity index (χ1v) is 5.17. The van der Waals surface area contributed by atoms with Gasteiger partial charge in [-0.3, -0.25) is 0 Å². The van der Waals surface area contributed by atoms with Crippen molar-refractivity contribution in [1.29, 1.82) is 0 Å². The third-order valence-corrected chi connectivity index (χ3v) is 2.20. The van der Waals surface area contributed by atoms with Crippen LogP contribution >= 0.6 is 15.9 Å². The van der Waals surface area contributed by atoms with Gasteiger partial charge in [-0.2, -0.15) is 13.9 Å². The Morgan fingerprint density at radius 1 is 1.35 bits per heavy atom. The maximum Gasteiger partial charge on any atom is 0.333 e. The molecule has 2 heterocycles. The van der Waals surface area contributed by atoms with E-state index in [2.05, 4.69) is 26.0 Å². The van der Waals surface area contributed by atoms with Crippen molar-refractivity contribution in [1.82, 2.24) is 14.8 Å². The van der Waals surface area contributed by atoms with Crippen LogP contribution in [0, 0.1) is 5.82 Å². The molecule has 0 bridgehead atoms. The van der Waals surface area contributed by atoms with E-state index in [0.29, 0.717) is 9.15 Å². The van der Waals surface area contributed by atoms with Crippen LogP contribution in [0.15, 0.2) is 29.1 Å². The number of ether oxygens (including phenoxy) is 1. The molecule has 0 amide bonds. The summed E-state index contributed by atoms with van der Waals surface area (Å²) >= 11 is 3.03. The minimum atomic E-state index is -2.77. The van der Waals surface area contributed by atoms with Crippen LogP contribution in [0.25, 0.3) is 0 Å². The van der Waals surface area contributed by atoms with Crippen molar-refractivity contribution in [3.05, 3.63) is 34.9 Å². The van der Waals surface area contributed by atoms with Gasteiger partial charge < -0.3 is 4.74 Å². The van der Waals surface area contributed by atoms with Crippen LogP contribution in [-0.2, 0) is 0 Å². The van der Waals surface area contributed by atoms with Gasteiger partial charge >= 0.3 is 6.55 Å². The van der Waals surface area contributed by atoms with E-state index in [4.69, 9.17) is 4.74 Å². The van der Waals surface area contributed by atoms with E-state index in [1.165, 1.54) is 6.20 Å². The molecule has 0 unspecified atom stereocenters. The summed E-state index contributed by atoms with van der Waals surface area (Å²) in [5, 5.41) is 3.34. The first kappa shape index (κ1) is 11.9. The molecular formula is C9H5BrF3N3O. The maximum absolute atomic E-state index is 13.3.